The molecule has 2 atom stereocenters. The summed E-state index contributed by atoms with van der Waals surface area (Å²) in [6, 6.07) is 35.1. The Hall–Kier alpha value is -5.15. The van der Waals surface area contributed by atoms with Crippen LogP contribution in [0.25, 0.3) is 0 Å². The Morgan fingerprint density at radius 3 is 2.30 bits per heavy atom. The first-order valence-corrected chi connectivity index (χ1v) is 24.5. The summed E-state index contributed by atoms with van der Waals surface area (Å²) in [5.41, 5.74) is 11.0. The second-order valence-corrected chi connectivity index (χ2v) is 17.6. The van der Waals surface area contributed by atoms with Crippen LogP contribution in [0.5, 0.6) is 0 Å². The molecule has 4 aromatic rings. The van der Waals surface area contributed by atoms with Crippen LogP contribution >= 0.6 is 11.6 Å². The normalized spacial score (nSPS) is 16.5. The number of carbonyl (C=O) groups is 1. The number of allylic oxidation sites excluding steroid dienone is 8. The molecule has 0 aromatic heterocycles. The van der Waals surface area contributed by atoms with Crippen LogP contribution in [0, 0.1) is 18.3 Å². The van der Waals surface area contributed by atoms with Gasteiger partial charge in [-0.05, 0) is 135 Å². The first-order valence-electron chi connectivity index (χ1n) is 24.1. The number of halogens is 1. The number of unbranched alkanes of at least 4 members (excludes halogenated alkanes) is 3. The van der Waals surface area contributed by atoms with Crippen LogP contribution in [0.3, 0.4) is 0 Å². The van der Waals surface area contributed by atoms with Crippen molar-refractivity contribution < 1.29 is 15.2 Å². The number of anilines is 1. The van der Waals surface area contributed by atoms with Gasteiger partial charge in [0.15, 0.2) is 0 Å². The van der Waals surface area contributed by atoms with Gasteiger partial charge in [-0.3, -0.25) is 4.79 Å². The fraction of sp³-hybridized carbons (Fsp3) is 0.414. The number of benzene rings is 4. The zero-order chi connectivity index (χ0) is 46.4. The van der Waals surface area contributed by atoms with Gasteiger partial charge in [-0.2, -0.15) is 5.26 Å². The van der Waals surface area contributed by atoms with Crippen LogP contribution in [0.1, 0.15) is 139 Å². The van der Waals surface area contributed by atoms with E-state index in [0.717, 1.165) is 81.5 Å². The molecular weight excluding hydrogens is 806 g/mol. The van der Waals surface area contributed by atoms with Crippen molar-refractivity contribution in [2.24, 2.45) is 0 Å². The smallest absolute Gasteiger partial charge is 0.309 e. The summed E-state index contributed by atoms with van der Waals surface area (Å²) in [6.45, 7) is 16.4. The number of nitrogens with two attached hydrogens (primary N) is 1. The van der Waals surface area contributed by atoms with Gasteiger partial charge in [0.25, 0.3) is 0 Å². The molecule has 0 radical (unpaired) electrons. The minimum absolute atomic E-state index is 0.103. The first-order chi connectivity index (χ1) is 31.1. The van der Waals surface area contributed by atoms with Crippen molar-refractivity contribution in [2.45, 2.75) is 143 Å². The van der Waals surface area contributed by atoms with Gasteiger partial charge in [-0.15, -0.1) is 0 Å². The van der Waals surface area contributed by atoms with Crippen molar-refractivity contribution >= 4 is 28.9 Å². The number of quaternary nitrogens is 1. The molecule has 5 rings (SSSR count). The summed E-state index contributed by atoms with van der Waals surface area (Å²) in [5, 5.41) is 23.1. The average Bonchev–Trinajstić information content (AvgIpc) is 3.54. The molecule has 0 spiro atoms. The second kappa shape index (κ2) is 26.6. The Morgan fingerprint density at radius 1 is 0.859 bits per heavy atom. The van der Waals surface area contributed by atoms with Crippen molar-refractivity contribution in [3.05, 3.63) is 177 Å². The van der Waals surface area contributed by atoms with Crippen LogP contribution in [-0.4, -0.2) is 24.2 Å². The molecule has 0 aliphatic carbocycles. The molecule has 340 valence electrons. The molecule has 1 heterocycles. The van der Waals surface area contributed by atoms with Crippen LogP contribution in [0.4, 0.5) is 11.4 Å². The number of nitriles is 1. The van der Waals surface area contributed by atoms with Crippen molar-refractivity contribution in [1.82, 2.24) is 0 Å². The van der Waals surface area contributed by atoms with E-state index in [0.29, 0.717) is 12.1 Å². The van der Waals surface area contributed by atoms with Gasteiger partial charge < -0.3 is 15.3 Å². The number of nitrogens with zero attached hydrogens (tertiary/aromatic N) is 2. The van der Waals surface area contributed by atoms with Gasteiger partial charge in [-0.1, -0.05) is 158 Å². The number of carboxylic acid groups (broad SMARTS) is 1. The highest BCUT2D eigenvalue weighted by atomic mass is 35.5. The van der Waals surface area contributed by atoms with Gasteiger partial charge in [0.05, 0.1) is 24.6 Å². The van der Waals surface area contributed by atoms with E-state index in [1.54, 1.807) is 0 Å². The Morgan fingerprint density at radius 2 is 1.61 bits per heavy atom. The third-order valence-corrected chi connectivity index (χ3v) is 12.9. The molecule has 6 heteroatoms. The lowest BCUT2D eigenvalue weighted by Crippen LogP contribution is -2.79. The standard InChI is InChI=1S/C56H68ClN3O2.C2H6/c1-6-10-12-19-34-55(33-18-11-7-2,49-38-44(9-4)26-29-51(49)59-36-32-54(61)62)35-20-24-46(42-58)27-31-53-56(40-45-22-14-13-15-23-45,41-47-25-17-16-21-43(47)5)50-39-48(57)28-30-52(50)60(53)37-8-3;1-2/h11,13-18,20-31,38-39,59H,6-10,12,19,32-37,40-41H2,1-5H3,(H,61,62);1-2H3/p+1/b18-11+,24-20+,46-27-,53-31+;. The van der Waals surface area contributed by atoms with Crippen molar-refractivity contribution in [1.29, 1.82) is 5.26 Å². The lowest BCUT2D eigenvalue weighted by molar-refractivity contribution is -0.571. The van der Waals surface area contributed by atoms with E-state index in [2.05, 4.69) is 160 Å². The maximum absolute atomic E-state index is 11.6. The number of aryl methyl sites for hydroxylation is 2. The third kappa shape index (κ3) is 13.7. The highest BCUT2D eigenvalue weighted by Gasteiger charge is 2.47. The summed E-state index contributed by atoms with van der Waals surface area (Å²) in [5.74, 6) is -0.783. The molecule has 5 nitrogen and oxygen atoms in total. The number of hydrogen-bond acceptors (Lipinski definition) is 3. The Balaban J connectivity index is 0.00000442. The van der Waals surface area contributed by atoms with E-state index in [1.165, 1.54) is 57.6 Å². The van der Waals surface area contributed by atoms with Gasteiger partial charge in [0.2, 0.25) is 0 Å². The van der Waals surface area contributed by atoms with Crippen LogP contribution in [0.2, 0.25) is 5.02 Å². The average molecular weight is 882 g/mol. The Kier molecular flexibility index (Phi) is 21.4. The minimum Gasteiger partial charge on any atom is -0.481 e. The molecule has 0 saturated carbocycles. The summed E-state index contributed by atoms with van der Waals surface area (Å²) in [4.78, 5) is 14.0. The van der Waals surface area contributed by atoms with E-state index in [1.807, 2.05) is 32.1 Å². The Bertz CT molecular complexity index is 2250. The highest BCUT2D eigenvalue weighted by molar-refractivity contribution is 6.30. The molecule has 0 bridgehead atoms. The zero-order valence-corrected chi connectivity index (χ0v) is 40.7. The van der Waals surface area contributed by atoms with E-state index in [4.69, 9.17) is 11.6 Å². The topological polar surface area (TPSA) is 80.9 Å². The number of carboxylic acids is 1. The zero-order valence-electron chi connectivity index (χ0n) is 39.9. The predicted molar refractivity (Wildman–Crippen MR) is 272 cm³/mol. The molecular formula is C58H75ClN3O2+. The highest BCUT2D eigenvalue weighted by Crippen LogP contribution is 2.53. The lowest BCUT2D eigenvalue weighted by Gasteiger charge is -2.35. The van der Waals surface area contributed by atoms with E-state index < -0.39 is 11.4 Å². The molecule has 0 amide bonds. The van der Waals surface area contributed by atoms with Gasteiger partial charge in [-0.25, -0.2) is 0 Å². The molecule has 0 saturated heterocycles. The van der Waals surface area contributed by atoms with E-state index in [-0.39, 0.29) is 11.8 Å². The van der Waals surface area contributed by atoms with Crippen LogP contribution < -0.4 is 10.2 Å². The van der Waals surface area contributed by atoms with Crippen molar-refractivity contribution in [3.8, 4) is 6.07 Å². The molecule has 4 aromatic carbocycles. The lowest BCUT2D eigenvalue weighted by atomic mass is 9.69. The van der Waals surface area contributed by atoms with Gasteiger partial charge in [0, 0.05) is 39.3 Å². The molecule has 1 aliphatic rings. The maximum atomic E-state index is 11.6. The molecule has 2 unspecified atom stereocenters. The number of rotatable bonds is 24. The van der Waals surface area contributed by atoms with Crippen LogP contribution in [0.15, 0.2) is 139 Å². The molecule has 3 N–H and O–H groups in total. The van der Waals surface area contributed by atoms with E-state index >= 15 is 0 Å². The molecule has 0 fully saturated rings. The number of aliphatic carboxylic acids is 1. The molecule has 64 heavy (non-hydrogen) atoms. The summed E-state index contributed by atoms with van der Waals surface area (Å²) >= 11 is 6.87. The summed E-state index contributed by atoms with van der Waals surface area (Å²) < 4.78 is 0. The fourth-order valence-corrected chi connectivity index (χ4v) is 9.58. The quantitative estimate of drug-likeness (QED) is 0.0241. The summed E-state index contributed by atoms with van der Waals surface area (Å²) in [6.07, 6.45) is 24.9. The van der Waals surface area contributed by atoms with Gasteiger partial charge in [0.1, 0.15) is 5.69 Å². The van der Waals surface area contributed by atoms with Crippen molar-refractivity contribution in [2.75, 3.05) is 18.0 Å². The molecule has 1 aliphatic heterocycles. The monoisotopic (exact) mass is 881 g/mol. The maximum Gasteiger partial charge on any atom is 0.309 e. The van der Waals surface area contributed by atoms with Gasteiger partial charge >= 0.3 is 5.97 Å². The number of fused-ring (bicyclic) bond motifs is 1. The number of hydrogen-bond donors (Lipinski definition) is 2. The first kappa shape index (κ1) is 51.5. The third-order valence-electron chi connectivity index (χ3n) is 12.7. The second-order valence-electron chi connectivity index (χ2n) is 17.1. The Labute approximate surface area is 391 Å². The summed E-state index contributed by atoms with van der Waals surface area (Å²) in [7, 11) is 0. The minimum atomic E-state index is -0.783. The van der Waals surface area contributed by atoms with E-state index in [9.17, 15) is 15.2 Å². The SMILES string of the molecule is CC.CC/C=C/CC(C/C=C/C(C#N)=C/C=C1/N(CCC)c2ccc(Cl)cc2C1(Cc1ccccc1)Cc1ccccc1C)(CCCCCC)c1cc(CC)ccc1[NH2+]CCC(=O)O. The van der Waals surface area contributed by atoms with Crippen molar-refractivity contribution in [3.63, 3.8) is 0 Å². The fourth-order valence-electron chi connectivity index (χ4n) is 9.41. The van der Waals surface area contributed by atoms with Crippen LogP contribution in [-0.2, 0) is 34.9 Å². The largest absolute Gasteiger partial charge is 0.481 e. The predicted octanol–water partition coefficient (Wildman–Crippen LogP) is 14.4.